The van der Waals surface area contributed by atoms with Gasteiger partial charge in [0.25, 0.3) is 5.91 Å². The van der Waals surface area contributed by atoms with Gasteiger partial charge in [0.1, 0.15) is 0 Å². The molecular weight excluding hydrogens is 366 g/mol. The summed E-state index contributed by atoms with van der Waals surface area (Å²) in [4.78, 5) is 17.5. The molecule has 1 aliphatic heterocycles. The molecule has 3 rings (SSSR count). The van der Waals surface area contributed by atoms with Crippen LogP contribution in [0.2, 0.25) is 0 Å². The van der Waals surface area contributed by atoms with Crippen molar-refractivity contribution in [2.45, 2.75) is 20.8 Å². The molecule has 29 heavy (non-hydrogen) atoms. The van der Waals surface area contributed by atoms with E-state index in [1.54, 1.807) is 18.2 Å². The molecule has 1 heterocycles. The summed E-state index contributed by atoms with van der Waals surface area (Å²) >= 11 is 0. The van der Waals surface area contributed by atoms with Crippen molar-refractivity contribution in [2.75, 3.05) is 56.2 Å². The average molecular weight is 398 g/mol. The van der Waals surface area contributed by atoms with Crippen molar-refractivity contribution in [1.29, 1.82) is 0 Å². The fraction of sp³-hybridized carbons (Fsp3) is 0.435. The molecule has 0 radical (unpaired) electrons. The smallest absolute Gasteiger partial charge is 0.255 e. The summed E-state index contributed by atoms with van der Waals surface area (Å²) in [5.74, 6) is 1.07. The normalized spacial score (nSPS) is 14.5. The van der Waals surface area contributed by atoms with Gasteiger partial charge < -0.3 is 24.6 Å². The van der Waals surface area contributed by atoms with Gasteiger partial charge in [0.05, 0.1) is 13.2 Å². The molecule has 156 valence electrons. The number of hydrogen-bond donors (Lipinski definition) is 1. The molecule has 0 aliphatic carbocycles. The summed E-state index contributed by atoms with van der Waals surface area (Å²) in [6, 6.07) is 13.3. The van der Waals surface area contributed by atoms with Gasteiger partial charge in [-0.3, -0.25) is 4.79 Å². The summed E-state index contributed by atoms with van der Waals surface area (Å²) in [7, 11) is 0. The molecule has 2 aromatic carbocycles. The Labute approximate surface area is 173 Å². The third-order valence-electron chi connectivity index (χ3n) is 5.12. The molecule has 6 heteroatoms. The van der Waals surface area contributed by atoms with Crippen LogP contribution in [0.4, 0.5) is 11.4 Å². The van der Waals surface area contributed by atoms with Crippen molar-refractivity contribution >= 4 is 17.3 Å². The van der Waals surface area contributed by atoms with Crippen molar-refractivity contribution in [3.63, 3.8) is 0 Å². The number of rotatable bonds is 8. The zero-order valence-corrected chi connectivity index (χ0v) is 17.6. The van der Waals surface area contributed by atoms with E-state index in [4.69, 9.17) is 9.47 Å². The molecule has 0 unspecified atom stereocenters. The number of nitrogens with zero attached hydrogens (tertiary/aromatic N) is 2. The number of anilines is 2. The van der Waals surface area contributed by atoms with Gasteiger partial charge >= 0.3 is 0 Å². The topological polar surface area (TPSA) is 54.0 Å². The number of benzene rings is 2. The van der Waals surface area contributed by atoms with Crippen LogP contribution in [0.25, 0.3) is 0 Å². The Morgan fingerprint density at radius 3 is 2.17 bits per heavy atom. The van der Waals surface area contributed by atoms with Crippen LogP contribution < -0.4 is 19.7 Å². The van der Waals surface area contributed by atoms with E-state index >= 15 is 0 Å². The van der Waals surface area contributed by atoms with Crippen LogP contribution in [0.3, 0.4) is 0 Å². The molecule has 1 fully saturated rings. The monoisotopic (exact) mass is 397 g/mol. The van der Waals surface area contributed by atoms with E-state index in [-0.39, 0.29) is 5.91 Å². The lowest BCUT2D eigenvalue weighted by atomic mass is 10.1. The van der Waals surface area contributed by atoms with Gasteiger partial charge in [0.15, 0.2) is 11.5 Å². The van der Waals surface area contributed by atoms with Crippen LogP contribution in [0, 0.1) is 0 Å². The second-order valence-electron chi connectivity index (χ2n) is 6.95. The number of carbonyl (C=O) groups excluding carboxylic acids is 1. The minimum absolute atomic E-state index is 0.168. The van der Waals surface area contributed by atoms with Crippen molar-refractivity contribution in [1.82, 2.24) is 4.90 Å². The predicted octanol–water partition coefficient (Wildman–Crippen LogP) is 3.88. The van der Waals surface area contributed by atoms with E-state index in [2.05, 4.69) is 34.2 Å². The van der Waals surface area contributed by atoms with Crippen molar-refractivity contribution < 1.29 is 14.3 Å². The predicted molar refractivity (Wildman–Crippen MR) is 118 cm³/mol. The molecule has 2 aromatic rings. The largest absolute Gasteiger partial charge is 0.490 e. The summed E-state index contributed by atoms with van der Waals surface area (Å²) in [6.45, 7) is 12.5. The van der Waals surface area contributed by atoms with E-state index in [1.807, 2.05) is 26.0 Å². The number of ether oxygens (including phenoxy) is 2. The highest BCUT2D eigenvalue weighted by molar-refractivity contribution is 6.04. The standard InChI is InChI=1S/C23H31N3O3/c1-4-25-13-15-26(16-14-25)20-10-8-19(9-11-20)24-23(27)18-7-12-21(28-5-2)22(17-18)29-6-3/h7-12,17H,4-6,13-16H2,1-3H3,(H,24,27). The Kier molecular flexibility index (Phi) is 7.36. The van der Waals surface area contributed by atoms with Gasteiger partial charge in [-0.1, -0.05) is 6.92 Å². The maximum absolute atomic E-state index is 12.7. The maximum Gasteiger partial charge on any atom is 0.255 e. The molecule has 0 spiro atoms. The fourth-order valence-corrected chi connectivity index (χ4v) is 3.47. The summed E-state index contributed by atoms with van der Waals surface area (Å²) in [6.07, 6.45) is 0. The average Bonchev–Trinajstić information content (AvgIpc) is 2.76. The second kappa shape index (κ2) is 10.2. The number of likely N-dealkylation sites (N-methyl/N-ethyl adjacent to an activating group) is 1. The highest BCUT2D eigenvalue weighted by Gasteiger charge is 2.16. The molecule has 0 bridgehead atoms. The minimum Gasteiger partial charge on any atom is -0.490 e. The molecule has 1 saturated heterocycles. The molecule has 1 amide bonds. The van der Waals surface area contributed by atoms with Crippen LogP contribution >= 0.6 is 0 Å². The van der Waals surface area contributed by atoms with Crippen LogP contribution in [0.15, 0.2) is 42.5 Å². The minimum atomic E-state index is -0.168. The van der Waals surface area contributed by atoms with Crippen LogP contribution in [-0.2, 0) is 0 Å². The van der Waals surface area contributed by atoms with E-state index in [0.29, 0.717) is 30.3 Å². The van der Waals surface area contributed by atoms with E-state index in [1.165, 1.54) is 5.69 Å². The quantitative estimate of drug-likeness (QED) is 0.733. The van der Waals surface area contributed by atoms with Gasteiger partial charge in [-0.2, -0.15) is 0 Å². The van der Waals surface area contributed by atoms with Gasteiger partial charge in [-0.25, -0.2) is 0 Å². The zero-order chi connectivity index (χ0) is 20.6. The number of piperazine rings is 1. The van der Waals surface area contributed by atoms with Gasteiger partial charge in [-0.05, 0) is 62.9 Å². The third kappa shape index (κ3) is 5.41. The van der Waals surface area contributed by atoms with Crippen molar-refractivity contribution in [3.05, 3.63) is 48.0 Å². The first-order valence-electron chi connectivity index (χ1n) is 10.4. The lowest BCUT2D eigenvalue weighted by Crippen LogP contribution is -2.46. The van der Waals surface area contributed by atoms with Crippen molar-refractivity contribution in [2.24, 2.45) is 0 Å². The molecule has 0 saturated carbocycles. The van der Waals surface area contributed by atoms with Crippen LogP contribution in [0.1, 0.15) is 31.1 Å². The van der Waals surface area contributed by atoms with Gasteiger partial charge in [0.2, 0.25) is 0 Å². The Balaban J connectivity index is 1.64. The molecular formula is C23H31N3O3. The molecule has 0 atom stereocenters. The zero-order valence-electron chi connectivity index (χ0n) is 17.6. The molecule has 6 nitrogen and oxygen atoms in total. The second-order valence-corrected chi connectivity index (χ2v) is 6.95. The van der Waals surface area contributed by atoms with Gasteiger partial charge in [0, 0.05) is 43.1 Å². The van der Waals surface area contributed by atoms with Crippen LogP contribution in [0.5, 0.6) is 11.5 Å². The number of carbonyl (C=O) groups is 1. The first-order chi connectivity index (χ1) is 14.1. The first kappa shape index (κ1) is 21.0. The summed E-state index contributed by atoms with van der Waals surface area (Å²) < 4.78 is 11.2. The Morgan fingerprint density at radius 2 is 1.55 bits per heavy atom. The molecule has 1 aliphatic rings. The number of hydrogen-bond acceptors (Lipinski definition) is 5. The highest BCUT2D eigenvalue weighted by Crippen LogP contribution is 2.29. The van der Waals surface area contributed by atoms with Crippen molar-refractivity contribution in [3.8, 4) is 11.5 Å². The number of amides is 1. The summed E-state index contributed by atoms with van der Waals surface area (Å²) in [5, 5.41) is 2.96. The molecule has 1 N–H and O–H groups in total. The first-order valence-corrected chi connectivity index (χ1v) is 10.4. The van der Waals surface area contributed by atoms with Crippen LogP contribution in [-0.4, -0.2) is 56.7 Å². The van der Waals surface area contributed by atoms with E-state index < -0.39 is 0 Å². The molecule has 0 aromatic heterocycles. The fourth-order valence-electron chi connectivity index (χ4n) is 3.47. The Hall–Kier alpha value is -2.73. The van der Waals surface area contributed by atoms with E-state index in [0.717, 1.165) is 38.4 Å². The summed E-state index contributed by atoms with van der Waals surface area (Å²) in [5.41, 5.74) is 2.51. The number of nitrogens with one attached hydrogen (secondary N) is 1. The van der Waals surface area contributed by atoms with E-state index in [9.17, 15) is 4.79 Å². The lowest BCUT2D eigenvalue weighted by molar-refractivity contribution is 0.102. The van der Waals surface area contributed by atoms with Gasteiger partial charge in [-0.15, -0.1) is 0 Å². The third-order valence-corrected chi connectivity index (χ3v) is 5.12. The Morgan fingerprint density at radius 1 is 0.897 bits per heavy atom. The highest BCUT2D eigenvalue weighted by atomic mass is 16.5. The lowest BCUT2D eigenvalue weighted by Gasteiger charge is -2.35. The SMILES string of the molecule is CCOc1ccc(C(=O)Nc2ccc(N3CCN(CC)CC3)cc2)cc1OCC. The Bertz CT molecular complexity index is 800. The maximum atomic E-state index is 12.7.